The Morgan fingerprint density at radius 1 is 1.33 bits per heavy atom. The summed E-state index contributed by atoms with van der Waals surface area (Å²) in [5.41, 5.74) is 0.706. The molecule has 2 heterocycles. The Bertz CT molecular complexity index is 649. The van der Waals surface area contributed by atoms with Gasteiger partial charge in [-0.05, 0) is 31.4 Å². The van der Waals surface area contributed by atoms with E-state index in [-0.39, 0.29) is 12.6 Å². The van der Waals surface area contributed by atoms with E-state index in [2.05, 4.69) is 4.98 Å². The highest BCUT2D eigenvalue weighted by Gasteiger charge is 2.31. The number of aryl methyl sites for hydroxylation is 1. The smallest absolute Gasteiger partial charge is 0.394 e. The molecule has 0 radical (unpaired) electrons. The third-order valence-corrected chi connectivity index (χ3v) is 3.87. The number of benzene rings is 1. The van der Waals surface area contributed by atoms with Gasteiger partial charge < -0.3 is 9.67 Å². The van der Waals surface area contributed by atoms with Crippen LogP contribution in [0.1, 0.15) is 30.1 Å². The number of halogens is 3. The van der Waals surface area contributed by atoms with Crippen LogP contribution < -0.4 is 0 Å². The Labute approximate surface area is 120 Å². The molecule has 1 unspecified atom stereocenters. The van der Waals surface area contributed by atoms with Crippen molar-refractivity contribution in [1.29, 1.82) is 0 Å². The molecule has 0 saturated heterocycles. The summed E-state index contributed by atoms with van der Waals surface area (Å²) in [5, 5.41) is 9.48. The van der Waals surface area contributed by atoms with Gasteiger partial charge in [0, 0.05) is 17.5 Å². The second kappa shape index (κ2) is 5.18. The molecule has 112 valence electrons. The van der Waals surface area contributed by atoms with Gasteiger partial charge in [0.25, 0.3) is 0 Å². The van der Waals surface area contributed by atoms with Crippen LogP contribution >= 0.6 is 0 Å². The Morgan fingerprint density at radius 2 is 2.14 bits per heavy atom. The number of imidazole rings is 1. The van der Waals surface area contributed by atoms with E-state index in [0.717, 1.165) is 37.1 Å². The maximum Gasteiger partial charge on any atom is 0.416 e. The molecule has 2 aromatic rings. The van der Waals surface area contributed by atoms with Crippen LogP contribution in [0.15, 0.2) is 30.5 Å². The first-order valence-corrected chi connectivity index (χ1v) is 6.85. The summed E-state index contributed by atoms with van der Waals surface area (Å²) in [5.74, 6) is 0.495. The Hall–Kier alpha value is -1.82. The predicted molar refractivity (Wildman–Crippen MR) is 71.7 cm³/mol. The van der Waals surface area contributed by atoms with Crippen molar-refractivity contribution in [3.05, 3.63) is 41.7 Å². The first kappa shape index (κ1) is 14.1. The Morgan fingerprint density at radius 3 is 2.86 bits per heavy atom. The zero-order chi connectivity index (χ0) is 15.0. The van der Waals surface area contributed by atoms with Crippen LogP contribution in [0.25, 0.3) is 11.4 Å². The summed E-state index contributed by atoms with van der Waals surface area (Å²) in [6.07, 6.45) is -0.0750. The maximum absolute atomic E-state index is 12.8. The van der Waals surface area contributed by atoms with Crippen molar-refractivity contribution >= 4 is 0 Å². The number of hydrogen-bond donors (Lipinski definition) is 1. The van der Waals surface area contributed by atoms with E-state index in [4.69, 9.17) is 0 Å². The van der Waals surface area contributed by atoms with Crippen LogP contribution in [-0.2, 0) is 12.6 Å². The minimum Gasteiger partial charge on any atom is -0.394 e. The van der Waals surface area contributed by atoms with Gasteiger partial charge in [0.2, 0.25) is 0 Å². The molecule has 1 aliphatic rings. The van der Waals surface area contributed by atoms with Crippen molar-refractivity contribution in [2.45, 2.75) is 31.5 Å². The van der Waals surface area contributed by atoms with E-state index in [1.54, 1.807) is 12.3 Å². The first-order valence-electron chi connectivity index (χ1n) is 6.85. The maximum atomic E-state index is 12.8. The molecular weight excluding hydrogens is 281 g/mol. The van der Waals surface area contributed by atoms with Gasteiger partial charge in [0.15, 0.2) is 0 Å². The van der Waals surface area contributed by atoms with Gasteiger partial charge in [-0.15, -0.1) is 0 Å². The molecular formula is C15H15F3N2O. The number of aliphatic hydroxyl groups is 1. The van der Waals surface area contributed by atoms with Crippen LogP contribution in [-0.4, -0.2) is 21.3 Å². The highest BCUT2D eigenvalue weighted by molar-refractivity contribution is 5.58. The highest BCUT2D eigenvalue weighted by Crippen LogP contribution is 2.34. The number of aromatic nitrogens is 2. The molecule has 21 heavy (non-hydrogen) atoms. The van der Waals surface area contributed by atoms with Crippen molar-refractivity contribution in [3.63, 3.8) is 0 Å². The lowest BCUT2D eigenvalue weighted by Gasteiger charge is -2.26. The Kier molecular flexibility index (Phi) is 3.49. The largest absolute Gasteiger partial charge is 0.416 e. The normalized spacial score (nSPS) is 18.6. The third kappa shape index (κ3) is 2.55. The van der Waals surface area contributed by atoms with E-state index >= 15 is 0 Å². The van der Waals surface area contributed by atoms with Crippen molar-refractivity contribution in [2.75, 3.05) is 6.61 Å². The fraction of sp³-hybridized carbons (Fsp3) is 0.400. The van der Waals surface area contributed by atoms with Crippen molar-refractivity contribution in [2.24, 2.45) is 0 Å². The monoisotopic (exact) mass is 296 g/mol. The minimum absolute atomic E-state index is 0.0324. The molecule has 0 bridgehead atoms. The number of fused-ring (bicyclic) bond motifs is 1. The molecule has 1 atom stereocenters. The fourth-order valence-corrected chi connectivity index (χ4v) is 2.86. The van der Waals surface area contributed by atoms with E-state index in [1.807, 2.05) is 4.57 Å². The number of rotatable bonds is 2. The van der Waals surface area contributed by atoms with Crippen LogP contribution in [0.4, 0.5) is 13.2 Å². The standard InChI is InChI=1S/C15H15F3N2O/c16-15(17,18)11-4-1-3-10(7-11)14-19-8-12-5-2-6-13(9-21)20(12)14/h1,3-4,7-8,13,21H,2,5-6,9H2. The third-order valence-electron chi connectivity index (χ3n) is 3.87. The molecule has 0 aliphatic carbocycles. The molecule has 1 N–H and O–H groups in total. The number of alkyl halides is 3. The number of nitrogens with zero attached hydrogens (tertiary/aromatic N) is 2. The SMILES string of the molecule is OCC1CCCc2cnc(-c3cccc(C(F)(F)F)c3)n21. The van der Waals surface area contributed by atoms with Gasteiger partial charge in [-0.3, -0.25) is 0 Å². The summed E-state index contributed by atoms with van der Waals surface area (Å²) in [7, 11) is 0. The van der Waals surface area contributed by atoms with Gasteiger partial charge in [-0.2, -0.15) is 13.2 Å². The van der Waals surface area contributed by atoms with Crippen LogP contribution in [0.2, 0.25) is 0 Å². The predicted octanol–water partition coefficient (Wildman–Crippen LogP) is 3.44. The molecule has 0 amide bonds. The highest BCUT2D eigenvalue weighted by atomic mass is 19.4. The zero-order valence-electron chi connectivity index (χ0n) is 11.3. The zero-order valence-corrected chi connectivity index (χ0v) is 11.3. The summed E-state index contributed by atoms with van der Waals surface area (Å²) in [6, 6.07) is 5.05. The average molecular weight is 296 g/mol. The van der Waals surface area contributed by atoms with Gasteiger partial charge in [-0.1, -0.05) is 12.1 Å². The Balaban J connectivity index is 2.08. The van der Waals surface area contributed by atoms with Crippen LogP contribution in [0.5, 0.6) is 0 Å². The van der Waals surface area contributed by atoms with E-state index in [9.17, 15) is 18.3 Å². The summed E-state index contributed by atoms with van der Waals surface area (Å²) in [4.78, 5) is 4.27. The van der Waals surface area contributed by atoms with Crippen molar-refractivity contribution < 1.29 is 18.3 Å². The minimum atomic E-state index is -4.37. The average Bonchev–Trinajstić information content (AvgIpc) is 2.90. The first-order chi connectivity index (χ1) is 10.0. The summed E-state index contributed by atoms with van der Waals surface area (Å²) >= 11 is 0. The van der Waals surface area contributed by atoms with E-state index in [1.165, 1.54) is 6.07 Å². The molecule has 0 spiro atoms. The molecule has 1 aromatic heterocycles. The number of aliphatic hydroxyl groups excluding tert-OH is 1. The molecule has 3 nitrogen and oxygen atoms in total. The molecule has 3 rings (SSSR count). The van der Waals surface area contributed by atoms with Gasteiger partial charge in [0.1, 0.15) is 5.82 Å². The molecule has 1 aromatic carbocycles. The lowest BCUT2D eigenvalue weighted by Crippen LogP contribution is -2.21. The second-order valence-electron chi connectivity index (χ2n) is 5.25. The van der Waals surface area contributed by atoms with Gasteiger partial charge >= 0.3 is 6.18 Å². The summed E-state index contributed by atoms with van der Waals surface area (Å²) in [6.45, 7) is -0.0324. The van der Waals surface area contributed by atoms with Crippen molar-refractivity contribution in [3.8, 4) is 11.4 Å². The summed E-state index contributed by atoms with van der Waals surface area (Å²) < 4.78 is 40.3. The molecule has 1 aliphatic heterocycles. The number of hydrogen-bond acceptors (Lipinski definition) is 2. The fourth-order valence-electron chi connectivity index (χ4n) is 2.86. The van der Waals surface area contributed by atoms with Crippen LogP contribution in [0.3, 0.4) is 0 Å². The quantitative estimate of drug-likeness (QED) is 0.922. The van der Waals surface area contributed by atoms with Gasteiger partial charge in [0.05, 0.1) is 18.2 Å². The molecule has 6 heteroatoms. The van der Waals surface area contributed by atoms with E-state index in [0.29, 0.717) is 11.4 Å². The lowest BCUT2D eigenvalue weighted by atomic mass is 10.0. The topological polar surface area (TPSA) is 38.1 Å². The van der Waals surface area contributed by atoms with E-state index < -0.39 is 11.7 Å². The second-order valence-corrected chi connectivity index (χ2v) is 5.25. The lowest BCUT2D eigenvalue weighted by molar-refractivity contribution is -0.137. The van der Waals surface area contributed by atoms with Crippen molar-refractivity contribution in [1.82, 2.24) is 9.55 Å². The molecule has 0 saturated carbocycles. The van der Waals surface area contributed by atoms with Gasteiger partial charge in [-0.25, -0.2) is 4.98 Å². The molecule has 0 fully saturated rings. The van der Waals surface area contributed by atoms with Crippen LogP contribution in [0, 0.1) is 0 Å².